The molecule has 39 heavy (non-hydrogen) atoms. The molecule has 0 saturated carbocycles. The van der Waals surface area contributed by atoms with E-state index in [1.807, 2.05) is 19.0 Å². The number of halogens is 2. The summed E-state index contributed by atoms with van der Waals surface area (Å²) in [7, 11) is 3.52. The number of ether oxygens (including phenoxy) is 1. The van der Waals surface area contributed by atoms with Gasteiger partial charge in [-0.05, 0) is 55.6 Å². The Bertz CT molecular complexity index is 1580. The van der Waals surface area contributed by atoms with Crippen LogP contribution in [0.15, 0.2) is 76.9 Å². The molecule has 2 aliphatic heterocycles. The van der Waals surface area contributed by atoms with E-state index in [1.165, 1.54) is 42.3 Å². The number of anilines is 1. The third-order valence-corrected chi connectivity index (χ3v) is 8.70. The topological polar surface area (TPSA) is 97.0 Å². The Morgan fingerprint density at radius 3 is 2.46 bits per heavy atom. The average molecular weight is 555 g/mol. The quantitative estimate of drug-likeness (QED) is 0.240. The minimum absolute atomic E-state index is 0.0512. The SMILES string of the molecule is [2H]C1=C2C(=NC([2H])N1c1ccc(OC)nn1)[SH](Cc1c(F)cccc1F)C(c1ccc([N+](=O)[O-])cc1)=C2CN(C)C. The lowest BCUT2D eigenvalue weighted by molar-refractivity contribution is -0.384. The minimum Gasteiger partial charge on any atom is -0.480 e. The molecule has 0 bridgehead atoms. The zero-order valence-electron chi connectivity index (χ0n) is 23.3. The first-order valence-electron chi connectivity index (χ1n) is 12.9. The van der Waals surface area contributed by atoms with Crippen LogP contribution < -0.4 is 9.64 Å². The second-order valence-corrected chi connectivity index (χ2v) is 11.1. The largest absolute Gasteiger partial charge is 0.480 e. The van der Waals surface area contributed by atoms with Crippen LogP contribution in [0.4, 0.5) is 20.3 Å². The Labute approximate surface area is 229 Å². The summed E-state index contributed by atoms with van der Waals surface area (Å²) in [5.74, 6) is -1.00. The van der Waals surface area contributed by atoms with Gasteiger partial charge in [0.2, 0.25) is 5.88 Å². The van der Waals surface area contributed by atoms with E-state index in [0.29, 0.717) is 33.2 Å². The lowest BCUT2D eigenvalue weighted by Crippen LogP contribution is -2.26. The number of methoxy groups -OCH3 is 1. The Morgan fingerprint density at radius 1 is 1.15 bits per heavy atom. The van der Waals surface area contributed by atoms with Gasteiger partial charge in [-0.25, -0.2) is 8.78 Å². The van der Waals surface area contributed by atoms with Crippen LogP contribution in [0, 0.1) is 21.7 Å². The third-order valence-electron chi connectivity index (χ3n) is 6.15. The molecule has 0 fully saturated rings. The molecule has 0 amide bonds. The van der Waals surface area contributed by atoms with Crippen molar-refractivity contribution in [2.24, 2.45) is 4.99 Å². The number of non-ortho nitro benzene ring substituents is 1. The first-order valence-corrected chi connectivity index (χ1v) is 13.3. The van der Waals surface area contributed by atoms with Crippen LogP contribution >= 0.6 is 10.9 Å². The minimum atomic E-state index is -1.62. The summed E-state index contributed by atoms with van der Waals surface area (Å²) < 4.78 is 52.9. The van der Waals surface area contributed by atoms with Gasteiger partial charge in [0, 0.05) is 52.7 Å². The van der Waals surface area contributed by atoms with Crippen molar-refractivity contribution in [3.63, 3.8) is 0 Å². The second kappa shape index (κ2) is 10.9. The van der Waals surface area contributed by atoms with Crippen molar-refractivity contribution in [2.75, 3.05) is 39.3 Å². The van der Waals surface area contributed by atoms with Gasteiger partial charge in [-0.2, -0.15) is 10.9 Å². The summed E-state index contributed by atoms with van der Waals surface area (Å²) in [6, 6.07) is 12.7. The summed E-state index contributed by atoms with van der Waals surface area (Å²) in [6.07, 6.45) is -0.0512. The number of thiol groups is 1. The van der Waals surface area contributed by atoms with Gasteiger partial charge >= 0.3 is 0 Å². The summed E-state index contributed by atoms with van der Waals surface area (Å²) in [6.45, 7) is -0.969. The molecule has 3 aromatic rings. The zero-order chi connectivity index (χ0) is 29.4. The number of nitro groups is 1. The van der Waals surface area contributed by atoms with Crippen LogP contribution in [0.3, 0.4) is 0 Å². The maximum Gasteiger partial charge on any atom is 0.269 e. The number of hydrogen-bond donors (Lipinski definition) is 1. The molecule has 2 unspecified atom stereocenters. The van der Waals surface area contributed by atoms with Gasteiger partial charge in [-0.15, -0.1) is 10.2 Å². The molecule has 2 atom stereocenters. The molecular weight excluding hydrogens is 526 g/mol. The van der Waals surface area contributed by atoms with Crippen molar-refractivity contribution in [1.29, 1.82) is 0 Å². The molecule has 3 heterocycles. The number of nitro benzene ring substituents is 1. The average Bonchev–Trinajstić information content (AvgIpc) is 3.23. The van der Waals surface area contributed by atoms with Crippen molar-refractivity contribution < 1.29 is 21.2 Å². The molecular formula is C27H26F2N6O3S. The van der Waals surface area contributed by atoms with Crippen LogP contribution in [0.25, 0.3) is 4.91 Å². The number of fused-ring (bicyclic) bond motifs is 1. The third kappa shape index (κ3) is 5.25. The van der Waals surface area contributed by atoms with Gasteiger partial charge < -0.3 is 14.5 Å². The highest BCUT2D eigenvalue weighted by Crippen LogP contribution is 2.58. The number of aliphatic imine (C=N–C) groups is 1. The fourth-order valence-corrected chi connectivity index (χ4v) is 7.13. The molecule has 12 heteroatoms. The Kier molecular flexibility index (Phi) is 6.69. The zero-order valence-corrected chi connectivity index (χ0v) is 22.2. The first kappa shape index (κ1) is 23.9. The molecule has 202 valence electrons. The van der Waals surface area contributed by atoms with Crippen LogP contribution in [-0.4, -0.2) is 59.5 Å². The summed E-state index contributed by atoms with van der Waals surface area (Å²) in [5.41, 5.74) is 1.52. The maximum absolute atomic E-state index is 14.9. The van der Waals surface area contributed by atoms with Gasteiger partial charge in [0.1, 0.15) is 18.3 Å². The van der Waals surface area contributed by atoms with Crippen molar-refractivity contribution in [3.8, 4) is 5.88 Å². The summed E-state index contributed by atoms with van der Waals surface area (Å²) in [4.78, 5) is 19.4. The van der Waals surface area contributed by atoms with Crippen molar-refractivity contribution >= 4 is 32.3 Å². The Morgan fingerprint density at radius 2 is 1.87 bits per heavy atom. The highest BCUT2D eigenvalue weighted by molar-refractivity contribution is 8.37. The summed E-state index contributed by atoms with van der Waals surface area (Å²) >= 11 is 0. The smallest absolute Gasteiger partial charge is 0.269 e. The second-order valence-electron chi connectivity index (χ2n) is 9.01. The molecule has 2 aromatic carbocycles. The lowest BCUT2D eigenvalue weighted by atomic mass is 10.0. The highest BCUT2D eigenvalue weighted by Gasteiger charge is 2.37. The molecule has 5 rings (SSSR count). The van der Waals surface area contributed by atoms with Crippen LogP contribution in [-0.2, 0) is 5.75 Å². The number of rotatable bonds is 8. The lowest BCUT2D eigenvalue weighted by Gasteiger charge is -2.27. The normalized spacial score (nSPS) is 20.6. The standard InChI is InChI=1S/C27H26F2N6O3S/c1-33(2)13-19-20-14-34(24-11-12-25(38-3)32-31-24)16-30-27(20)39(15-21-22(28)5-4-6-23(21)29)26(19)17-7-9-18(10-8-17)35(36)37/h4-12,14,39H,13,15-16H2,1-3H3/i14D,16D. The predicted octanol–water partition coefficient (Wildman–Crippen LogP) is 4.92. The molecule has 1 aromatic heterocycles. The molecule has 0 radical (unpaired) electrons. The Balaban J connectivity index is 1.74. The molecule has 0 spiro atoms. The van der Waals surface area contributed by atoms with E-state index in [9.17, 15) is 20.3 Å². The maximum atomic E-state index is 14.9. The molecule has 0 aliphatic carbocycles. The van der Waals surface area contributed by atoms with Gasteiger partial charge in [0.25, 0.3) is 5.69 Å². The van der Waals surface area contributed by atoms with Gasteiger partial charge in [0.05, 0.1) is 19.8 Å². The predicted molar refractivity (Wildman–Crippen MR) is 149 cm³/mol. The fraction of sp³-hybridized carbons (Fsp3) is 0.222. The van der Waals surface area contributed by atoms with E-state index >= 15 is 0 Å². The van der Waals surface area contributed by atoms with E-state index in [0.717, 1.165) is 0 Å². The summed E-state index contributed by atoms with van der Waals surface area (Å²) in [5, 5.41) is 19.8. The van der Waals surface area contributed by atoms with Gasteiger partial charge in [-0.1, -0.05) is 6.07 Å². The van der Waals surface area contributed by atoms with Crippen molar-refractivity contribution in [2.45, 2.75) is 5.75 Å². The molecule has 0 N–H and O–H groups in total. The van der Waals surface area contributed by atoms with E-state index in [-0.39, 0.29) is 34.9 Å². The number of hydrogen-bond acceptors (Lipinski definition) is 8. The first-order chi connectivity index (χ1) is 19.6. The molecule has 0 saturated heterocycles. The fourth-order valence-electron chi connectivity index (χ4n) is 4.37. The van der Waals surface area contributed by atoms with E-state index in [1.54, 1.807) is 24.3 Å². The number of nitrogens with zero attached hydrogens (tertiary/aromatic N) is 6. The number of aromatic nitrogens is 2. The Hall–Kier alpha value is -4.16. The van der Waals surface area contributed by atoms with Crippen molar-refractivity contribution in [3.05, 3.63) is 105 Å². The molecule has 9 nitrogen and oxygen atoms in total. The van der Waals surface area contributed by atoms with E-state index in [4.69, 9.17) is 6.11 Å². The molecule has 2 aliphatic rings. The van der Waals surface area contributed by atoms with Crippen LogP contribution in [0.2, 0.25) is 0 Å². The van der Waals surface area contributed by atoms with Crippen LogP contribution in [0.1, 0.15) is 13.9 Å². The number of likely N-dealkylation sites (N-methyl/N-ethyl adjacent to an activating group) is 1. The van der Waals surface area contributed by atoms with E-state index in [2.05, 4.69) is 15.2 Å². The van der Waals surface area contributed by atoms with Crippen molar-refractivity contribution in [1.82, 2.24) is 15.1 Å². The van der Waals surface area contributed by atoms with E-state index < -0.39 is 34.1 Å². The van der Waals surface area contributed by atoms with Gasteiger partial charge in [0.15, 0.2) is 5.82 Å². The van der Waals surface area contributed by atoms with Crippen LogP contribution in [0.5, 0.6) is 5.88 Å². The monoisotopic (exact) mass is 554 g/mol. The number of benzene rings is 2. The van der Waals surface area contributed by atoms with Gasteiger partial charge in [-0.3, -0.25) is 15.1 Å². The highest BCUT2D eigenvalue weighted by atomic mass is 32.2.